The van der Waals surface area contributed by atoms with Gasteiger partial charge in [0.2, 0.25) is 11.8 Å². The zero-order chi connectivity index (χ0) is 18.0. The first kappa shape index (κ1) is 17.1. The first-order valence-corrected chi connectivity index (χ1v) is 8.42. The number of likely N-dealkylation sites (tertiary alicyclic amines) is 1. The summed E-state index contributed by atoms with van der Waals surface area (Å²) >= 11 is 0. The molecule has 2 fully saturated rings. The van der Waals surface area contributed by atoms with Crippen molar-refractivity contribution in [3.8, 4) is 0 Å². The number of carbonyl (C=O) groups excluding carboxylic acids is 3. The van der Waals surface area contributed by atoms with Gasteiger partial charge in [-0.1, -0.05) is 12.1 Å². The average Bonchev–Trinajstić information content (AvgIpc) is 2.92. The highest BCUT2D eigenvalue weighted by Gasteiger charge is 2.33. The Morgan fingerprint density at radius 3 is 2.48 bits per heavy atom. The molecule has 7 heteroatoms. The smallest absolute Gasteiger partial charge is 0.326 e. The summed E-state index contributed by atoms with van der Waals surface area (Å²) in [4.78, 5) is 48.2. The van der Waals surface area contributed by atoms with Crippen LogP contribution in [0.4, 0.5) is 0 Å². The second kappa shape index (κ2) is 7.04. The molecule has 1 aromatic carbocycles. The second-order valence-corrected chi connectivity index (χ2v) is 6.56. The molecule has 0 aliphatic carbocycles. The summed E-state index contributed by atoms with van der Waals surface area (Å²) in [6, 6.07) is 6.04. The van der Waals surface area contributed by atoms with Crippen LogP contribution in [-0.4, -0.2) is 46.3 Å². The summed E-state index contributed by atoms with van der Waals surface area (Å²) in [5.41, 5.74) is 1.30. The van der Waals surface area contributed by atoms with Crippen molar-refractivity contribution in [3.05, 3.63) is 35.4 Å². The molecule has 2 aliphatic heterocycles. The molecular weight excluding hydrogens is 324 g/mol. The predicted molar refractivity (Wildman–Crippen MR) is 87.7 cm³/mol. The number of carboxylic acids is 1. The third-order valence-electron chi connectivity index (χ3n) is 4.80. The number of aliphatic carboxylic acids is 1. The first-order chi connectivity index (χ1) is 12.0. The summed E-state index contributed by atoms with van der Waals surface area (Å²) in [7, 11) is 0. The van der Waals surface area contributed by atoms with Crippen LogP contribution < -0.4 is 5.32 Å². The Bertz CT molecular complexity index is 713. The quantitative estimate of drug-likeness (QED) is 0.792. The van der Waals surface area contributed by atoms with Crippen molar-refractivity contribution in [1.29, 1.82) is 0 Å². The van der Waals surface area contributed by atoms with Crippen molar-refractivity contribution in [3.63, 3.8) is 0 Å². The van der Waals surface area contributed by atoms with Gasteiger partial charge in [-0.15, -0.1) is 0 Å². The van der Waals surface area contributed by atoms with Gasteiger partial charge in [-0.25, -0.2) is 4.79 Å². The number of rotatable bonds is 4. The lowest BCUT2D eigenvalue weighted by Gasteiger charge is -2.33. The number of carbonyl (C=O) groups is 4. The van der Waals surface area contributed by atoms with E-state index in [1.807, 2.05) is 0 Å². The fourth-order valence-corrected chi connectivity index (χ4v) is 3.44. The van der Waals surface area contributed by atoms with Crippen LogP contribution in [0.1, 0.15) is 41.6 Å². The Kier molecular flexibility index (Phi) is 4.83. The van der Waals surface area contributed by atoms with E-state index in [1.165, 1.54) is 4.90 Å². The lowest BCUT2D eigenvalue weighted by atomic mass is 9.96. The van der Waals surface area contributed by atoms with E-state index in [0.717, 1.165) is 18.4 Å². The summed E-state index contributed by atoms with van der Waals surface area (Å²) in [5.74, 6) is -2.14. The molecule has 2 saturated heterocycles. The molecule has 7 nitrogen and oxygen atoms in total. The summed E-state index contributed by atoms with van der Waals surface area (Å²) in [6.07, 6.45) is 2.71. The Hall–Kier alpha value is -2.70. The Morgan fingerprint density at radius 2 is 1.88 bits per heavy atom. The van der Waals surface area contributed by atoms with E-state index in [0.29, 0.717) is 24.9 Å². The van der Waals surface area contributed by atoms with Crippen molar-refractivity contribution < 1.29 is 24.3 Å². The van der Waals surface area contributed by atoms with Gasteiger partial charge in [0.15, 0.2) is 0 Å². The number of hydrogen-bond donors (Lipinski definition) is 2. The molecule has 3 rings (SSSR count). The van der Waals surface area contributed by atoms with Gasteiger partial charge in [-0.2, -0.15) is 0 Å². The monoisotopic (exact) mass is 344 g/mol. The number of nitrogens with zero attached hydrogens (tertiary/aromatic N) is 1. The number of imide groups is 1. The van der Waals surface area contributed by atoms with E-state index in [2.05, 4.69) is 5.32 Å². The van der Waals surface area contributed by atoms with Crippen molar-refractivity contribution in [2.75, 3.05) is 6.54 Å². The number of carboxylic acid groups (broad SMARTS) is 1. The van der Waals surface area contributed by atoms with Gasteiger partial charge in [0, 0.05) is 18.5 Å². The van der Waals surface area contributed by atoms with Crippen LogP contribution in [0.3, 0.4) is 0 Å². The largest absolute Gasteiger partial charge is 0.480 e. The van der Waals surface area contributed by atoms with E-state index >= 15 is 0 Å². The van der Waals surface area contributed by atoms with E-state index in [-0.39, 0.29) is 30.1 Å². The lowest BCUT2D eigenvalue weighted by molar-refractivity contribution is -0.143. The number of amides is 3. The molecule has 2 N–H and O–H groups in total. The van der Waals surface area contributed by atoms with E-state index in [4.69, 9.17) is 0 Å². The van der Waals surface area contributed by atoms with Gasteiger partial charge in [0.1, 0.15) is 6.04 Å². The van der Waals surface area contributed by atoms with Gasteiger partial charge >= 0.3 is 5.97 Å². The van der Waals surface area contributed by atoms with Crippen LogP contribution in [0.5, 0.6) is 0 Å². The van der Waals surface area contributed by atoms with Crippen LogP contribution >= 0.6 is 0 Å². The SMILES string of the molecule is O=C1CC(Cc2ccc(C(=O)N3CCCC[C@@H]3C(=O)O)cc2)C(=O)N1. The molecule has 0 radical (unpaired) electrons. The molecule has 3 amide bonds. The molecule has 2 aliphatic rings. The topological polar surface area (TPSA) is 104 Å². The Labute approximate surface area is 145 Å². The van der Waals surface area contributed by atoms with Gasteiger partial charge in [0.25, 0.3) is 5.91 Å². The molecule has 0 spiro atoms. The van der Waals surface area contributed by atoms with Crippen molar-refractivity contribution >= 4 is 23.7 Å². The Balaban J connectivity index is 1.69. The summed E-state index contributed by atoms with van der Waals surface area (Å²) < 4.78 is 0. The molecule has 2 atom stereocenters. The minimum absolute atomic E-state index is 0.188. The number of hydrogen-bond acceptors (Lipinski definition) is 4. The molecule has 0 bridgehead atoms. The summed E-state index contributed by atoms with van der Waals surface area (Å²) in [6.45, 7) is 0.446. The van der Waals surface area contributed by atoms with Gasteiger partial charge in [-0.05, 0) is 43.4 Å². The normalized spacial score (nSPS) is 23.4. The molecule has 2 heterocycles. The zero-order valence-corrected chi connectivity index (χ0v) is 13.7. The van der Waals surface area contributed by atoms with Crippen LogP contribution in [0.15, 0.2) is 24.3 Å². The minimum atomic E-state index is -0.971. The van der Waals surface area contributed by atoms with Gasteiger partial charge < -0.3 is 10.0 Å². The summed E-state index contributed by atoms with van der Waals surface area (Å²) in [5, 5.41) is 11.6. The van der Waals surface area contributed by atoms with Gasteiger partial charge in [-0.3, -0.25) is 19.7 Å². The first-order valence-electron chi connectivity index (χ1n) is 8.42. The Morgan fingerprint density at radius 1 is 1.16 bits per heavy atom. The maximum Gasteiger partial charge on any atom is 0.326 e. The van der Waals surface area contributed by atoms with Crippen molar-refractivity contribution in [2.24, 2.45) is 5.92 Å². The number of nitrogens with one attached hydrogen (secondary N) is 1. The zero-order valence-electron chi connectivity index (χ0n) is 13.7. The van der Waals surface area contributed by atoms with E-state index in [1.54, 1.807) is 24.3 Å². The fraction of sp³-hybridized carbons (Fsp3) is 0.444. The van der Waals surface area contributed by atoms with Crippen molar-refractivity contribution in [1.82, 2.24) is 10.2 Å². The van der Waals surface area contributed by atoms with Gasteiger partial charge in [0.05, 0.1) is 5.92 Å². The number of benzene rings is 1. The highest BCUT2D eigenvalue weighted by Crippen LogP contribution is 2.21. The van der Waals surface area contributed by atoms with Crippen LogP contribution in [0.2, 0.25) is 0 Å². The van der Waals surface area contributed by atoms with E-state index in [9.17, 15) is 24.3 Å². The second-order valence-electron chi connectivity index (χ2n) is 6.56. The lowest BCUT2D eigenvalue weighted by Crippen LogP contribution is -2.47. The highest BCUT2D eigenvalue weighted by molar-refractivity contribution is 6.03. The van der Waals surface area contributed by atoms with Crippen LogP contribution in [0.25, 0.3) is 0 Å². The molecule has 0 aromatic heterocycles. The molecule has 0 saturated carbocycles. The molecule has 1 aromatic rings. The highest BCUT2D eigenvalue weighted by atomic mass is 16.4. The van der Waals surface area contributed by atoms with Crippen LogP contribution in [-0.2, 0) is 20.8 Å². The predicted octanol–water partition coefficient (Wildman–Crippen LogP) is 0.971. The minimum Gasteiger partial charge on any atom is -0.480 e. The number of piperidine rings is 1. The van der Waals surface area contributed by atoms with Crippen LogP contribution in [0, 0.1) is 5.92 Å². The maximum atomic E-state index is 12.6. The third kappa shape index (κ3) is 3.70. The standard InChI is InChI=1S/C18H20N2O5/c21-15-10-13(16(22)19-15)9-11-4-6-12(7-5-11)17(23)20-8-2-1-3-14(20)18(24)25/h4-7,13-14H,1-3,8-10H2,(H,24,25)(H,19,21,22)/t13?,14-/m1/s1. The molecule has 132 valence electrons. The maximum absolute atomic E-state index is 12.6. The molecule has 1 unspecified atom stereocenters. The van der Waals surface area contributed by atoms with E-state index < -0.39 is 12.0 Å². The average molecular weight is 344 g/mol. The third-order valence-corrected chi connectivity index (χ3v) is 4.80. The fourth-order valence-electron chi connectivity index (χ4n) is 3.44. The molecular formula is C18H20N2O5. The van der Waals surface area contributed by atoms with Crippen molar-refractivity contribution in [2.45, 2.75) is 38.1 Å². The molecule has 25 heavy (non-hydrogen) atoms.